The number of hydrogen-bond acceptors (Lipinski definition) is 3. The van der Waals surface area contributed by atoms with Crippen molar-refractivity contribution in [2.24, 2.45) is 0 Å². The van der Waals surface area contributed by atoms with Gasteiger partial charge in [0, 0.05) is 25.3 Å². The van der Waals surface area contributed by atoms with Gasteiger partial charge in [-0.1, -0.05) is 24.3 Å². The van der Waals surface area contributed by atoms with Gasteiger partial charge >= 0.3 is 0 Å². The largest absolute Gasteiger partial charge is 0.345 e. The minimum absolute atomic E-state index is 0.116. The fraction of sp³-hybridized carbons (Fsp3) is 0.167. The predicted octanol–water partition coefficient (Wildman–Crippen LogP) is 5.13. The van der Waals surface area contributed by atoms with E-state index >= 15 is 0 Å². The number of halogens is 2. The lowest BCUT2D eigenvalue weighted by Gasteiger charge is -2.18. The van der Waals surface area contributed by atoms with Crippen LogP contribution >= 0.6 is 11.8 Å². The van der Waals surface area contributed by atoms with Crippen LogP contribution < -0.4 is 5.32 Å². The molecule has 3 aromatic rings. The van der Waals surface area contributed by atoms with Crippen molar-refractivity contribution in [2.45, 2.75) is 5.25 Å². The van der Waals surface area contributed by atoms with Crippen molar-refractivity contribution < 1.29 is 18.4 Å². The molecular formula is C24H22F2N2O2S. The lowest BCUT2D eigenvalue weighted by molar-refractivity contribution is -0.113. The summed E-state index contributed by atoms with van der Waals surface area (Å²) in [7, 11) is 3.35. The minimum atomic E-state index is -0.347. The van der Waals surface area contributed by atoms with Gasteiger partial charge in [0.15, 0.2) is 0 Å². The molecule has 0 saturated heterocycles. The molecule has 160 valence electrons. The van der Waals surface area contributed by atoms with E-state index in [-0.39, 0.29) is 34.5 Å². The Hall–Kier alpha value is -3.19. The summed E-state index contributed by atoms with van der Waals surface area (Å²) in [6.45, 7) is 0. The molecule has 0 aromatic heterocycles. The van der Waals surface area contributed by atoms with Gasteiger partial charge in [-0.15, -0.1) is 11.8 Å². The number of carbonyl (C=O) groups is 2. The maximum absolute atomic E-state index is 13.3. The van der Waals surface area contributed by atoms with Crippen LogP contribution in [0.3, 0.4) is 0 Å². The number of rotatable bonds is 7. The number of anilines is 1. The van der Waals surface area contributed by atoms with Gasteiger partial charge in [-0.05, 0) is 59.7 Å². The second-order valence-electron chi connectivity index (χ2n) is 7.12. The van der Waals surface area contributed by atoms with Crippen LogP contribution in [0.4, 0.5) is 14.5 Å². The standard InChI is InChI=1S/C24H22F2N2O2S/c1-28(2)24(30)18-7-13-21(14-8-18)27-22(29)15-31-23(16-3-9-19(25)10-4-16)17-5-11-20(26)12-6-17/h3-14,23H,15H2,1-2H3,(H,27,29). The second-order valence-corrected chi connectivity index (χ2v) is 8.21. The first-order valence-corrected chi connectivity index (χ1v) is 10.6. The molecule has 3 aromatic carbocycles. The Morgan fingerprint density at radius 3 is 1.77 bits per heavy atom. The van der Waals surface area contributed by atoms with Gasteiger partial charge in [0.05, 0.1) is 11.0 Å². The summed E-state index contributed by atoms with van der Waals surface area (Å²) in [4.78, 5) is 25.9. The molecule has 3 rings (SSSR count). The predicted molar refractivity (Wildman–Crippen MR) is 120 cm³/mol. The number of benzene rings is 3. The summed E-state index contributed by atoms with van der Waals surface area (Å²) in [5.41, 5.74) is 2.75. The van der Waals surface area contributed by atoms with Gasteiger partial charge in [0.2, 0.25) is 5.91 Å². The highest BCUT2D eigenvalue weighted by Gasteiger charge is 2.17. The van der Waals surface area contributed by atoms with Crippen molar-refractivity contribution in [2.75, 3.05) is 25.2 Å². The fourth-order valence-electron chi connectivity index (χ4n) is 2.97. The van der Waals surface area contributed by atoms with Crippen LogP contribution in [0.1, 0.15) is 26.7 Å². The topological polar surface area (TPSA) is 49.4 Å². The molecule has 0 heterocycles. The molecule has 7 heteroatoms. The monoisotopic (exact) mass is 440 g/mol. The van der Waals surface area contributed by atoms with E-state index in [2.05, 4.69) is 5.32 Å². The van der Waals surface area contributed by atoms with Crippen LogP contribution in [0.25, 0.3) is 0 Å². The number of nitrogens with one attached hydrogen (secondary N) is 1. The SMILES string of the molecule is CN(C)C(=O)c1ccc(NC(=O)CSC(c2ccc(F)cc2)c2ccc(F)cc2)cc1. The third-order valence-electron chi connectivity index (χ3n) is 4.55. The molecule has 0 saturated carbocycles. The molecule has 0 fully saturated rings. The first-order valence-electron chi connectivity index (χ1n) is 9.57. The summed E-state index contributed by atoms with van der Waals surface area (Å²) in [6.07, 6.45) is 0. The molecule has 0 bridgehead atoms. The maximum Gasteiger partial charge on any atom is 0.253 e. The van der Waals surface area contributed by atoms with E-state index in [1.807, 2.05) is 0 Å². The van der Waals surface area contributed by atoms with Gasteiger partial charge in [-0.25, -0.2) is 8.78 Å². The van der Waals surface area contributed by atoms with Gasteiger partial charge in [-0.3, -0.25) is 9.59 Å². The third kappa shape index (κ3) is 6.15. The molecule has 4 nitrogen and oxygen atoms in total. The third-order valence-corrected chi connectivity index (χ3v) is 5.85. The molecule has 0 aliphatic heterocycles. The highest BCUT2D eigenvalue weighted by atomic mass is 32.2. The van der Waals surface area contributed by atoms with Gasteiger partial charge in [0.25, 0.3) is 5.91 Å². The number of nitrogens with zero attached hydrogens (tertiary/aromatic N) is 1. The van der Waals surface area contributed by atoms with E-state index in [0.717, 1.165) is 11.1 Å². The lowest BCUT2D eigenvalue weighted by atomic mass is 10.0. The van der Waals surface area contributed by atoms with E-state index in [1.54, 1.807) is 62.6 Å². The Balaban J connectivity index is 1.68. The number of amides is 2. The molecule has 31 heavy (non-hydrogen) atoms. The van der Waals surface area contributed by atoms with Crippen molar-refractivity contribution in [3.8, 4) is 0 Å². The highest BCUT2D eigenvalue weighted by molar-refractivity contribution is 8.00. The van der Waals surface area contributed by atoms with E-state index in [0.29, 0.717) is 11.3 Å². The van der Waals surface area contributed by atoms with Crippen molar-refractivity contribution in [1.29, 1.82) is 0 Å². The molecular weight excluding hydrogens is 418 g/mol. The molecule has 0 radical (unpaired) electrons. The Labute approximate surface area is 184 Å². The number of thioether (sulfide) groups is 1. The Kier molecular flexibility index (Phi) is 7.41. The van der Waals surface area contributed by atoms with Crippen LogP contribution in [-0.2, 0) is 4.79 Å². The average Bonchev–Trinajstić information content (AvgIpc) is 2.76. The average molecular weight is 441 g/mol. The zero-order valence-corrected chi connectivity index (χ0v) is 18.0. The normalized spacial score (nSPS) is 10.7. The van der Waals surface area contributed by atoms with Gasteiger partial charge < -0.3 is 10.2 Å². The quantitative estimate of drug-likeness (QED) is 0.554. The first-order chi connectivity index (χ1) is 14.8. The Morgan fingerprint density at radius 2 is 1.32 bits per heavy atom. The molecule has 1 N–H and O–H groups in total. The Bertz CT molecular complexity index is 991. The molecule has 0 spiro atoms. The molecule has 0 atom stereocenters. The Morgan fingerprint density at radius 1 is 0.839 bits per heavy atom. The molecule has 0 unspecified atom stereocenters. The van der Waals surface area contributed by atoms with Crippen LogP contribution in [0.15, 0.2) is 72.8 Å². The van der Waals surface area contributed by atoms with Crippen LogP contribution in [0.2, 0.25) is 0 Å². The summed E-state index contributed by atoms with van der Waals surface area (Å²) in [5.74, 6) is -0.889. The van der Waals surface area contributed by atoms with Gasteiger partial charge in [0.1, 0.15) is 11.6 Å². The minimum Gasteiger partial charge on any atom is -0.345 e. The van der Waals surface area contributed by atoms with E-state index in [1.165, 1.54) is 40.9 Å². The zero-order chi connectivity index (χ0) is 22.4. The first kappa shape index (κ1) is 22.5. The van der Waals surface area contributed by atoms with Crippen molar-refractivity contribution in [1.82, 2.24) is 4.90 Å². The van der Waals surface area contributed by atoms with Crippen molar-refractivity contribution in [3.05, 3.63) is 101 Å². The number of carbonyl (C=O) groups excluding carboxylic acids is 2. The highest BCUT2D eigenvalue weighted by Crippen LogP contribution is 2.35. The number of hydrogen-bond donors (Lipinski definition) is 1. The smallest absolute Gasteiger partial charge is 0.253 e. The van der Waals surface area contributed by atoms with E-state index < -0.39 is 0 Å². The summed E-state index contributed by atoms with van der Waals surface area (Å²) < 4.78 is 26.7. The summed E-state index contributed by atoms with van der Waals surface area (Å²) >= 11 is 1.36. The van der Waals surface area contributed by atoms with Crippen molar-refractivity contribution >= 4 is 29.3 Å². The fourth-order valence-corrected chi connectivity index (χ4v) is 4.06. The lowest BCUT2D eigenvalue weighted by Crippen LogP contribution is -2.21. The van der Waals surface area contributed by atoms with Crippen LogP contribution in [0.5, 0.6) is 0 Å². The summed E-state index contributed by atoms with van der Waals surface area (Å²) in [6, 6.07) is 18.8. The van der Waals surface area contributed by atoms with Crippen molar-refractivity contribution in [3.63, 3.8) is 0 Å². The zero-order valence-electron chi connectivity index (χ0n) is 17.1. The van der Waals surface area contributed by atoms with Crippen LogP contribution in [-0.4, -0.2) is 36.6 Å². The van der Waals surface area contributed by atoms with Crippen LogP contribution in [0, 0.1) is 11.6 Å². The van der Waals surface area contributed by atoms with E-state index in [9.17, 15) is 18.4 Å². The maximum atomic E-state index is 13.3. The molecule has 2 amide bonds. The van der Waals surface area contributed by atoms with Gasteiger partial charge in [-0.2, -0.15) is 0 Å². The van der Waals surface area contributed by atoms with E-state index in [4.69, 9.17) is 0 Å². The molecule has 0 aliphatic carbocycles. The second kappa shape index (κ2) is 10.2. The molecule has 0 aliphatic rings. The summed E-state index contributed by atoms with van der Waals surface area (Å²) in [5, 5.41) is 2.55.